The van der Waals surface area contributed by atoms with Gasteiger partial charge in [-0.1, -0.05) is 6.07 Å². The summed E-state index contributed by atoms with van der Waals surface area (Å²) >= 11 is 0. The Balaban J connectivity index is 2.90. The van der Waals surface area contributed by atoms with Crippen molar-refractivity contribution in [3.8, 4) is 0 Å². The maximum atomic E-state index is 13.5. The molecule has 16 heavy (non-hydrogen) atoms. The van der Waals surface area contributed by atoms with Crippen molar-refractivity contribution in [1.29, 1.82) is 0 Å². The fraction of sp³-hybridized carbons (Fsp3) is 0.455. The van der Waals surface area contributed by atoms with Crippen LogP contribution in [0.15, 0.2) is 18.2 Å². The number of nitrogens with zero attached hydrogens (tertiary/aromatic N) is 1. The van der Waals surface area contributed by atoms with Gasteiger partial charge in [-0.05, 0) is 24.6 Å². The van der Waals surface area contributed by atoms with Crippen molar-refractivity contribution in [1.82, 2.24) is 0 Å². The molecule has 1 N–H and O–H groups in total. The average Bonchev–Trinajstić information content (AvgIpc) is 2.15. The first kappa shape index (κ1) is 12.8. The number of aliphatic hydroxyl groups is 1. The van der Waals surface area contributed by atoms with E-state index in [4.69, 9.17) is 0 Å². The molecule has 2 nitrogen and oxygen atoms in total. The summed E-state index contributed by atoms with van der Waals surface area (Å²) in [6.45, 7) is 0.988. The first-order chi connectivity index (χ1) is 7.41. The third-order valence-corrected chi connectivity index (χ3v) is 2.28. The monoisotopic (exact) mass is 233 g/mol. The Morgan fingerprint density at radius 2 is 2.00 bits per heavy atom. The number of hydrogen-bond acceptors (Lipinski definition) is 2. The van der Waals surface area contributed by atoms with Crippen LogP contribution in [0.1, 0.15) is 18.6 Å². The molecule has 0 aliphatic carbocycles. The zero-order valence-corrected chi connectivity index (χ0v) is 9.12. The molecule has 0 spiro atoms. The molecule has 1 aromatic rings. The Morgan fingerprint density at radius 1 is 1.38 bits per heavy atom. The van der Waals surface area contributed by atoms with Gasteiger partial charge < -0.3 is 10.0 Å². The Hall–Kier alpha value is -1.23. The molecule has 0 saturated heterocycles. The van der Waals surface area contributed by atoms with Crippen LogP contribution in [0.2, 0.25) is 0 Å². The van der Waals surface area contributed by atoms with E-state index in [2.05, 4.69) is 0 Å². The fourth-order valence-electron chi connectivity index (χ4n) is 1.40. The first-order valence-electron chi connectivity index (χ1n) is 4.88. The first-order valence-corrected chi connectivity index (χ1v) is 4.88. The van der Waals surface area contributed by atoms with Gasteiger partial charge in [-0.25, -0.2) is 13.2 Å². The number of anilines is 1. The van der Waals surface area contributed by atoms with E-state index >= 15 is 0 Å². The largest absolute Gasteiger partial charge is 0.389 e. The average molecular weight is 233 g/mol. The second kappa shape index (κ2) is 5.21. The van der Waals surface area contributed by atoms with Gasteiger partial charge in [0.05, 0.1) is 18.3 Å². The molecule has 90 valence electrons. The molecule has 0 aliphatic rings. The number of halogens is 3. The molecule has 0 heterocycles. The molecular weight excluding hydrogens is 219 g/mol. The third kappa shape index (κ3) is 3.13. The van der Waals surface area contributed by atoms with Crippen molar-refractivity contribution in [2.75, 3.05) is 18.5 Å². The quantitative estimate of drug-likeness (QED) is 0.864. The minimum Gasteiger partial charge on any atom is -0.389 e. The number of benzene rings is 1. The third-order valence-electron chi connectivity index (χ3n) is 2.28. The molecule has 0 aliphatic heterocycles. The maximum Gasteiger partial charge on any atom is 0.255 e. The van der Waals surface area contributed by atoms with Gasteiger partial charge in [0, 0.05) is 7.05 Å². The molecule has 0 unspecified atom stereocenters. The van der Waals surface area contributed by atoms with Crippen molar-refractivity contribution >= 4 is 5.69 Å². The van der Waals surface area contributed by atoms with Crippen LogP contribution in [0, 0.1) is 5.82 Å². The van der Waals surface area contributed by atoms with Crippen LogP contribution in [-0.4, -0.2) is 25.1 Å². The standard InChI is InChI=1S/C11H14F3NO/c1-7(16)8-3-4-10(9(12)5-8)15(2)6-11(13)14/h3-5,7,11,16H,6H2,1-2H3/t7-/m1/s1. The van der Waals surface area contributed by atoms with Crippen LogP contribution in [0.5, 0.6) is 0 Å². The van der Waals surface area contributed by atoms with Crippen LogP contribution < -0.4 is 4.90 Å². The summed E-state index contributed by atoms with van der Waals surface area (Å²) in [6, 6.07) is 4.06. The molecule has 0 radical (unpaired) electrons. The Morgan fingerprint density at radius 3 is 2.44 bits per heavy atom. The molecule has 0 bridgehead atoms. The smallest absolute Gasteiger partial charge is 0.255 e. The van der Waals surface area contributed by atoms with Gasteiger partial charge in [0.2, 0.25) is 0 Å². The summed E-state index contributed by atoms with van der Waals surface area (Å²) in [5.41, 5.74) is 0.524. The van der Waals surface area contributed by atoms with Crippen molar-refractivity contribution in [2.24, 2.45) is 0 Å². The SMILES string of the molecule is C[C@@H](O)c1ccc(N(C)CC(F)F)c(F)c1. The van der Waals surface area contributed by atoms with E-state index in [-0.39, 0.29) is 5.69 Å². The van der Waals surface area contributed by atoms with Crippen molar-refractivity contribution < 1.29 is 18.3 Å². The predicted molar refractivity (Wildman–Crippen MR) is 56.3 cm³/mol. The van der Waals surface area contributed by atoms with Crippen molar-refractivity contribution in [3.63, 3.8) is 0 Å². The summed E-state index contributed by atoms with van der Waals surface area (Å²) < 4.78 is 37.7. The van der Waals surface area contributed by atoms with Crippen LogP contribution in [0.25, 0.3) is 0 Å². The van der Waals surface area contributed by atoms with Crippen LogP contribution in [-0.2, 0) is 0 Å². The number of hydrogen-bond donors (Lipinski definition) is 1. The Kier molecular flexibility index (Phi) is 4.18. The number of alkyl halides is 2. The molecule has 5 heteroatoms. The fourth-order valence-corrected chi connectivity index (χ4v) is 1.40. The van der Waals surface area contributed by atoms with Gasteiger partial charge in [0.15, 0.2) is 0 Å². The second-order valence-electron chi connectivity index (χ2n) is 3.66. The Bertz CT molecular complexity index is 355. The summed E-state index contributed by atoms with van der Waals surface area (Å²) in [4.78, 5) is 1.14. The molecule has 0 aromatic heterocycles. The summed E-state index contributed by atoms with van der Waals surface area (Å²) in [7, 11) is 1.40. The zero-order chi connectivity index (χ0) is 12.3. The van der Waals surface area contributed by atoms with Crippen LogP contribution in [0.4, 0.5) is 18.9 Å². The van der Waals surface area contributed by atoms with Gasteiger partial charge in [-0.15, -0.1) is 0 Å². The van der Waals surface area contributed by atoms with Crippen LogP contribution >= 0.6 is 0 Å². The molecule has 1 rings (SSSR count). The minimum absolute atomic E-state index is 0.102. The summed E-state index contributed by atoms with van der Waals surface area (Å²) in [5, 5.41) is 9.22. The lowest BCUT2D eigenvalue weighted by Gasteiger charge is -2.20. The van der Waals surface area contributed by atoms with Gasteiger partial charge in [0.25, 0.3) is 6.43 Å². The highest BCUT2D eigenvalue weighted by molar-refractivity contribution is 5.48. The summed E-state index contributed by atoms with van der Waals surface area (Å²) in [6.07, 6.45) is -3.29. The van der Waals surface area contributed by atoms with E-state index < -0.39 is 24.9 Å². The minimum atomic E-state index is -2.51. The predicted octanol–water partition coefficient (Wildman–Crippen LogP) is 2.58. The van der Waals surface area contributed by atoms with E-state index in [1.807, 2.05) is 0 Å². The molecule has 0 amide bonds. The number of rotatable bonds is 4. The zero-order valence-electron chi connectivity index (χ0n) is 9.12. The molecule has 1 aromatic carbocycles. The van der Waals surface area contributed by atoms with Crippen LogP contribution in [0.3, 0.4) is 0 Å². The second-order valence-corrected chi connectivity index (χ2v) is 3.66. The highest BCUT2D eigenvalue weighted by Gasteiger charge is 2.13. The van der Waals surface area contributed by atoms with E-state index in [0.717, 1.165) is 11.0 Å². The lowest BCUT2D eigenvalue weighted by Crippen LogP contribution is -2.24. The van der Waals surface area contributed by atoms with Gasteiger partial charge in [-0.3, -0.25) is 0 Å². The van der Waals surface area contributed by atoms with E-state index in [1.165, 1.54) is 26.1 Å². The highest BCUT2D eigenvalue weighted by Crippen LogP contribution is 2.23. The van der Waals surface area contributed by atoms with E-state index in [1.54, 1.807) is 0 Å². The molecule has 1 atom stereocenters. The van der Waals surface area contributed by atoms with Gasteiger partial charge >= 0.3 is 0 Å². The van der Waals surface area contributed by atoms with Crippen molar-refractivity contribution in [3.05, 3.63) is 29.6 Å². The Labute approximate surface area is 92.3 Å². The lowest BCUT2D eigenvalue weighted by molar-refractivity contribution is 0.156. The number of aliphatic hydroxyl groups excluding tert-OH is 1. The maximum absolute atomic E-state index is 13.5. The van der Waals surface area contributed by atoms with Gasteiger partial charge in [0.1, 0.15) is 5.82 Å². The normalized spacial score (nSPS) is 12.9. The molecular formula is C11H14F3NO. The topological polar surface area (TPSA) is 23.5 Å². The van der Waals surface area contributed by atoms with E-state index in [9.17, 15) is 18.3 Å². The van der Waals surface area contributed by atoms with E-state index in [0.29, 0.717) is 5.56 Å². The molecule has 0 fully saturated rings. The summed E-state index contributed by atoms with van der Waals surface area (Å²) in [5.74, 6) is -0.610. The van der Waals surface area contributed by atoms with Gasteiger partial charge in [-0.2, -0.15) is 0 Å². The molecule has 0 saturated carbocycles. The highest BCUT2D eigenvalue weighted by atomic mass is 19.3. The lowest BCUT2D eigenvalue weighted by atomic mass is 10.1. The van der Waals surface area contributed by atoms with Crippen molar-refractivity contribution in [2.45, 2.75) is 19.5 Å².